The number of fused-ring (bicyclic) bond motifs is 8. The summed E-state index contributed by atoms with van der Waals surface area (Å²) in [5, 5.41) is 11.9. The summed E-state index contributed by atoms with van der Waals surface area (Å²) in [7, 11) is 0. The maximum absolute atomic E-state index is 5.40. The minimum atomic E-state index is 0.603. The summed E-state index contributed by atoms with van der Waals surface area (Å²) in [5.74, 6) is 1.86. The predicted octanol–water partition coefficient (Wildman–Crippen LogP) is 15.9. The molecule has 0 amide bonds. The van der Waals surface area contributed by atoms with Crippen molar-refractivity contribution in [3.05, 3.63) is 231 Å². The Kier molecular flexibility index (Phi) is 8.50. The first-order valence-corrected chi connectivity index (χ1v) is 22.1. The van der Waals surface area contributed by atoms with Gasteiger partial charge in [0, 0.05) is 38.6 Å². The number of nitrogens with zero attached hydrogens (tertiary/aromatic N) is 4. The fourth-order valence-corrected chi connectivity index (χ4v) is 9.89. The van der Waals surface area contributed by atoms with Gasteiger partial charge < -0.3 is 4.57 Å². The van der Waals surface area contributed by atoms with E-state index in [0.29, 0.717) is 17.5 Å². The van der Waals surface area contributed by atoms with Crippen LogP contribution in [0.5, 0.6) is 0 Å². The Morgan fingerprint density at radius 2 is 0.785 bits per heavy atom. The molecule has 2 heterocycles. The molecule has 0 radical (unpaired) electrons. The van der Waals surface area contributed by atoms with Crippen molar-refractivity contribution in [2.24, 2.45) is 0 Å². The Bertz CT molecular complexity index is 4000. The normalized spacial score (nSPS) is 11.7. The lowest BCUT2D eigenvalue weighted by molar-refractivity contribution is 1.08. The van der Waals surface area contributed by atoms with Crippen LogP contribution in [0.1, 0.15) is 0 Å². The quantitative estimate of drug-likeness (QED) is 0.168. The molecule has 0 fully saturated rings. The highest BCUT2D eigenvalue weighted by atomic mass is 15.0. The molecular formula is C61H38N4. The van der Waals surface area contributed by atoms with Crippen molar-refractivity contribution in [1.29, 1.82) is 0 Å². The Morgan fingerprint density at radius 1 is 0.262 bits per heavy atom. The molecule has 0 saturated heterocycles. The van der Waals surface area contributed by atoms with Crippen LogP contribution in [0, 0.1) is 0 Å². The van der Waals surface area contributed by atoms with Gasteiger partial charge in [-0.15, -0.1) is 0 Å². The second-order valence-corrected chi connectivity index (χ2v) is 16.8. The SMILES string of the molecule is c1ccc(-c2nc(-c3cc(-c4ccccc4)c(-n4c5cc6ccccc6cc5c5c6ccccc6ccc54)c(-c4ccc5ccccc5c4)c3)nc(-c3cccc4ccccc34)n2)cc1. The number of hydrogen-bond acceptors (Lipinski definition) is 3. The van der Waals surface area contributed by atoms with Gasteiger partial charge in [-0.3, -0.25) is 0 Å². The second kappa shape index (κ2) is 15.0. The lowest BCUT2D eigenvalue weighted by atomic mass is 9.91. The van der Waals surface area contributed by atoms with E-state index in [1.54, 1.807) is 0 Å². The van der Waals surface area contributed by atoms with Crippen LogP contribution in [0.25, 0.3) is 127 Å². The summed E-state index contributed by atoms with van der Waals surface area (Å²) in [6.45, 7) is 0. The van der Waals surface area contributed by atoms with Crippen LogP contribution in [0.4, 0.5) is 0 Å². The van der Waals surface area contributed by atoms with Gasteiger partial charge in [-0.1, -0.05) is 194 Å². The minimum Gasteiger partial charge on any atom is -0.308 e. The van der Waals surface area contributed by atoms with E-state index in [0.717, 1.165) is 66.4 Å². The van der Waals surface area contributed by atoms with Crippen LogP contribution in [0.2, 0.25) is 0 Å². The van der Waals surface area contributed by atoms with E-state index in [4.69, 9.17) is 15.0 Å². The first-order valence-electron chi connectivity index (χ1n) is 22.1. The number of hydrogen-bond donors (Lipinski definition) is 0. The first-order chi connectivity index (χ1) is 32.2. The van der Waals surface area contributed by atoms with Crippen LogP contribution < -0.4 is 0 Å². The Balaban J connectivity index is 1.18. The summed E-state index contributed by atoms with van der Waals surface area (Å²) in [6, 6.07) is 82.6. The maximum atomic E-state index is 5.40. The number of benzene rings is 11. The molecular weight excluding hydrogens is 789 g/mol. The lowest BCUT2D eigenvalue weighted by Crippen LogP contribution is -2.04. The van der Waals surface area contributed by atoms with E-state index in [1.807, 2.05) is 18.2 Å². The smallest absolute Gasteiger partial charge is 0.164 e. The summed E-state index contributed by atoms with van der Waals surface area (Å²) in [4.78, 5) is 15.9. The van der Waals surface area contributed by atoms with E-state index < -0.39 is 0 Å². The molecule has 13 rings (SSSR count). The van der Waals surface area contributed by atoms with Crippen LogP contribution in [-0.4, -0.2) is 19.5 Å². The van der Waals surface area contributed by atoms with Crippen molar-refractivity contribution < 1.29 is 0 Å². The van der Waals surface area contributed by atoms with Gasteiger partial charge in [-0.25, -0.2) is 15.0 Å². The van der Waals surface area contributed by atoms with E-state index in [9.17, 15) is 0 Å². The first kappa shape index (κ1) is 36.9. The third-order valence-electron chi connectivity index (χ3n) is 13.0. The molecule has 0 atom stereocenters. The zero-order chi connectivity index (χ0) is 42.8. The minimum absolute atomic E-state index is 0.603. The van der Waals surface area contributed by atoms with Gasteiger partial charge in [0.2, 0.25) is 0 Å². The largest absolute Gasteiger partial charge is 0.308 e. The van der Waals surface area contributed by atoms with Gasteiger partial charge >= 0.3 is 0 Å². The molecule has 11 aromatic carbocycles. The van der Waals surface area contributed by atoms with Gasteiger partial charge in [-0.2, -0.15) is 0 Å². The summed E-state index contributed by atoms with van der Waals surface area (Å²) < 4.78 is 2.52. The summed E-state index contributed by atoms with van der Waals surface area (Å²) in [5.41, 5.74) is 10.5. The summed E-state index contributed by atoms with van der Waals surface area (Å²) in [6.07, 6.45) is 0. The Hall–Kier alpha value is -8.73. The molecule has 13 aromatic rings. The zero-order valence-corrected chi connectivity index (χ0v) is 35.2. The van der Waals surface area contributed by atoms with E-state index in [1.165, 1.54) is 43.1 Å². The lowest BCUT2D eigenvalue weighted by Gasteiger charge is -2.21. The average Bonchev–Trinajstić information content (AvgIpc) is 3.70. The Morgan fingerprint density at radius 3 is 1.52 bits per heavy atom. The highest BCUT2D eigenvalue weighted by Crippen LogP contribution is 2.46. The molecule has 0 aliphatic heterocycles. The third kappa shape index (κ3) is 6.18. The van der Waals surface area contributed by atoms with E-state index in [2.05, 4.69) is 217 Å². The van der Waals surface area contributed by atoms with Gasteiger partial charge in [0.25, 0.3) is 0 Å². The molecule has 0 spiro atoms. The second-order valence-electron chi connectivity index (χ2n) is 16.8. The monoisotopic (exact) mass is 826 g/mol. The van der Waals surface area contributed by atoms with Gasteiger partial charge in [-0.05, 0) is 90.6 Å². The van der Waals surface area contributed by atoms with Crippen molar-refractivity contribution in [3.8, 4) is 62.1 Å². The standard InChI is InChI=1S/C61H38N4/c1-3-17-41(18-4-1)52-36-48(60-62-59(43-21-5-2-6-22-43)63-61(64-60)51-29-15-26-40-19-11-13-27-49(40)51)37-53(47-31-30-39-16-7-8-23-44(39)34-47)58(52)65-55-33-32-42-20-12-14-28-50(42)57(55)54-35-45-24-9-10-25-46(45)38-56(54)65/h1-38H. The molecule has 4 heteroatoms. The topological polar surface area (TPSA) is 43.6 Å². The molecule has 0 saturated carbocycles. The molecule has 2 aromatic heterocycles. The molecule has 0 aliphatic carbocycles. The number of aromatic nitrogens is 4. The molecule has 0 unspecified atom stereocenters. The van der Waals surface area contributed by atoms with Crippen molar-refractivity contribution in [1.82, 2.24) is 19.5 Å². The molecule has 0 N–H and O–H groups in total. The van der Waals surface area contributed by atoms with Crippen LogP contribution in [0.3, 0.4) is 0 Å². The van der Waals surface area contributed by atoms with Crippen molar-refractivity contribution in [2.45, 2.75) is 0 Å². The van der Waals surface area contributed by atoms with Crippen molar-refractivity contribution >= 4 is 64.9 Å². The molecule has 4 nitrogen and oxygen atoms in total. The highest BCUT2D eigenvalue weighted by molar-refractivity contribution is 6.24. The van der Waals surface area contributed by atoms with Crippen LogP contribution in [-0.2, 0) is 0 Å². The van der Waals surface area contributed by atoms with Crippen LogP contribution >= 0.6 is 0 Å². The summed E-state index contributed by atoms with van der Waals surface area (Å²) >= 11 is 0. The zero-order valence-electron chi connectivity index (χ0n) is 35.2. The van der Waals surface area contributed by atoms with Gasteiger partial charge in [0.1, 0.15) is 0 Å². The molecule has 0 aliphatic rings. The van der Waals surface area contributed by atoms with E-state index >= 15 is 0 Å². The van der Waals surface area contributed by atoms with E-state index in [-0.39, 0.29) is 0 Å². The fourth-order valence-electron chi connectivity index (χ4n) is 9.89. The van der Waals surface area contributed by atoms with Gasteiger partial charge in [0.15, 0.2) is 17.5 Å². The predicted molar refractivity (Wildman–Crippen MR) is 271 cm³/mol. The molecule has 0 bridgehead atoms. The molecule has 302 valence electrons. The third-order valence-corrected chi connectivity index (χ3v) is 13.0. The Labute approximate surface area is 375 Å². The molecule has 65 heavy (non-hydrogen) atoms. The maximum Gasteiger partial charge on any atom is 0.164 e. The number of rotatable bonds is 6. The van der Waals surface area contributed by atoms with Gasteiger partial charge in [0.05, 0.1) is 16.7 Å². The average molecular weight is 827 g/mol. The van der Waals surface area contributed by atoms with Crippen LogP contribution in [0.15, 0.2) is 231 Å². The van der Waals surface area contributed by atoms with Crippen molar-refractivity contribution in [3.63, 3.8) is 0 Å². The highest BCUT2D eigenvalue weighted by Gasteiger charge is 2.24. The fraction of sp³-hybridized carbons (Fsp3) is 0. The van der Waals surface area contributed by atoms with Crippen molar-refractivity contribution in [2.75, 3.05) is 0 Å².